The van der Waals surface area contributed by atoms with Crippen LogP contribution in [0.15, 0.2) is 60.9 Å². The number of amides is 1. The zero-order chi connectivity index (χ0) is 25.8. The van der Waals surface area contributed by atoms with Crippen molar-refractivity contribution >= 4 is 28.3 Å². The number of hydrogen-bond acceptors (Lipinski definition) is 7. The number of aromatic nitrogens is 3. The van der Waals surface area contributed by atoms with Gasteiger partial charge in [-0.15, -0.1) is 0 Å². The molecule has 2 aromatic carbocycles. The number of piperidine rings is 1. The third-order valence-corrected chi connectivity index (χ3v) is 6.52. The molecule has 37 heavy (non-hydrogen) atoms. The van der Waals surface area contributed by atoms with Crippen LogP contribution in [-0.2, 0) is 4.79 Å². The summed E-state index contributed by atoms with van der Waals surface area (Å²) in [4.78, 5) is 26.1. The number of nitrogens with zero attached hydrogens (tertiary/aromatic N) is 3. The molecular formula is C29H32N6O2. The van der Waals surface area contributed by atoms with Gasteiger partial charge in [0.25, 0.3) is 0 Å². The molecule has 2 aromatic heterocycles. The monoisotopic (exact) mass is 496 g/mol. The first-order valence-corrected chi connectivity index (χ1v) is 12.8. The fraction of sp³-hybridized carbons (Fsp3) is 0.310. The van der Waals surface area contributed by atoms with Gasteiger partial charge in [-0.25, -0.2) is 15.0 Å². The van der Waals surface area contributed by atoms with Crippen LogP contribution in [0.2, 0.25) is 0 Å². The van der Waals surface area contributed by atoms with Crippen molar-refractivity contribution in [2.45, 2.75) is 39.7 Å². The van der Waals surface area contributed by atoms with Gasteiger partial charge in [0, 0.05) is 47.4 Å². The van der Waals surface area contributed by atoms with Gasteiger partial charge in [-0.2, -0.15) is 0 Å². The molecule has 0 spiro atoms. The van der Waals surface area contributed by atoms with Crippen molar-refractivity contribution in [1.82, 2.24) is 20.3 Å². The Labute approximate surface area is 216 Å². The van der Waals surface area contributed by atoms with E-state index in [2.05, 4.69) is 25.9 Å². The minimum absolute atomic E-state index is 0.0280. The highest BCUT2D eigenvalue weighted by molar-refractivity contribution is 6.05. The highest BCUT2D eigenvalue weighted by Crippen LogP contribution is 2.38. The Morgan fingerprint density at radius 3 is 2.76 bits per heavy atom. The Hall–Kier alpha value is -4.04. The van der Waals surface area contributed by atoms with Crippen LogP contribution in [0.5, 0.6) is 11.6 Å². The summed E-state index contributed by atoms with van der Waals surface area (Å²) in [6.07, 6.45) is 5.68. The van der Waals surface area contributed by atoms with Crippen LogP contribution in [0.1, 0.15) is 32.3 Å². The highest BCUT2D eigenvalue weighted by Gasteiger charge is 2.18. The second kappa shape index (κ2) is 10.9. The van der Waals surface area contributed by atoms with Gasteiger partial charge in [0.15, 0.2) is 0 Å². The number of anilines is 2. The summed E-state index contributed by atoms with van der Waals surface area (Å²) in [7, 11) is 0. The highest BCUT2D eigenvalue weighted by atomic mass is 16.5. The van der Waals surface area contributed by atoms with Crippen LogP contribution in [0, 0.1) is 12.8 Å². The number of nitrogens with one attached hydrogen (secondary N) is 3. The summed E-state index contributed by atoms with van der Waals surface area (Å²) in [5.74, 6) is 1.60. The second-order valence-electron chi connectivity index (χ2n) is 9.67. The van der Waals surface area contributed by atoms with Gasteiger partial charge >= 0.3 is 0 Å². The summed E-state index contributed by atoms with van der Waals surface area (Å²) in [5.41, 5.74) is 3.22. The van der Waals surface area contributed by atoms with Crippen LogP contribution in [-0.4, -0.2) is 40.0 Å². The van der Waals surface area contributed by atoms with E-state index < -0.39 is 0 Å². The maximum absolute atomic E-state index is 12.4. The van der Waals surface area contributed by atoms with Crippen molar-refractivity contribution in [2.24, 2.45) is 5.92 Å². The third-order valence-electron chi connectivity index (χ3n) is 6.52. The van der Waals surface area contributed by atoms with Crippen LogP contribution in [0.25, 0.3) is 22.0 Å². The maximum atomic E-state index is 12.4. The minimum atomic E-state index is -0.117. The molecule has 1 aliphatic heterocycles. The Bertz CT molecular complexity index is 1410. The molecule has 1 saturated heterocycles. The Morgan fingerprint density at radius 1 is 1.05 bits per heavy atom. The van der Waals surface area contributed by atoms with E-state index in [4.69, 9.17) is 9.72 Å². The number of aryl methyl sites for hydroxylation is 1. The Balaban J connectivity index is 1.48. The Kier molecular flexibility index (Phi) is 7.28. The number of carbonyl (C=O) groups is 1. The number of rotatable bonds is 7. The predicted octanol–water partition coefficient (Wildman–Crippen LogP) is 5.55. The molecule has 1 unspecified atom stereocenters. The van der Waals surface area contributed by atoms with Crippen LogP contribution in [0.3, 0.4) is 0 Å². The van der Waals surface area contributed by atoms with E-state index in [0.29, 0.717) is 23.6 Å². The minimum Gasteiger partial charge on any atom is -0.437 e. The summed E-state index contributed by atoms with van der Waals surface area (Å²) in [5, 5.41) is 11.7. The molecule has 3 N–H and O–H groups in total. The fourth-order valence-corrected chi connectivity index (χ4v) is 4.46. The average molecular weight is 497 g/mol. The molecule has 1 aliphatic rings. The maximum Gasteiger partial charge on any atom is 0.228 e. The summed E-state index contributed by atoms with van der Waals surface area (Å²) in [6, 6.07) is 15.8. The zero-order valence-corrected chi connectivity index (χ0v) is 21.4. The first kappa shape index (κ1) is 24.6. The van der Waals surface area contributed by atoms with E-state index in [-0.39, 0.29) is 11.8 Å². The SMILES string of the molecule is Cc1ccc2c(NC(=O)C(C)C)cccc2c1Oc1ncccc1-c1ccnc(NC2CCCNC2)n1. The van der Waals surface area contributed by atoms with E-state index in [0.717, 1.165) is 59.2 Å². The molecule has 1 atom stereocenters. The van der Waals surface area contributed by atoms with Crippen molar-refractivity contribution in [3.63, 3.8) is 0 Å². The normalized spacial score (nSPS) is 15.5. The molecule has 8 heteroatoms. The third kappa shape index (κ3) is 5.54. The first-order chi connectivity index (χ1) is 18.0. The molecule has 0 radical (unpaired) electrons. The second-order valence-corrected chi connectivity index (χ2v) is 9.67. The molecule has 1 amide bonds. The van der Waals surface area contributed by atoms with E-state index in [1.54, 1.807) is 12.4 Å². The number of benzene rings is 2. The summed E-state index contributed by atoms with van der Waals surface area (Å²) < 4.78 is 6.49. The summed E-state index contributed by atoms with van der Waals surface area (Å²) >= 11 is 0. The quantitative estimate of drug-likeness (QED) is 0.308. The van der Waals surface area contributed by atoms with E-state index in [1.807, 2.05) is 69.3 Å². The van der Waals surface area contributed by atoms with E-state index in [1.165, 1.54) is 0 Å². The first-order valence-electron chi connectivity index (χ1n) is 12.8. The van der Waals surface area contributed by atoms with Crippen LogP contribution in [0.4, 0.5) is 11.6 Å². The molecule has 190 valence electrons. The van der Waals surface area contributed by atoms with Crippen LogP contribution >= 0.6 is 0 Å². The number of fused-ring (bicyclic) bond motifs is 1. The van der Waals surface area contributed by atoms with Gasteiger partial charge < -0.3 is 20.7 Å². The van der Waals surface area contributed by atoms with Gasteiger partial charge in [0.2, 0.25) is 17.7 Å². The van der Waals surface area contributed by atoms with Crippen molar-refractivity contribution < 1.29 is 9.53 Å². The van der Waals surface area contributed by atoms with Gasteiger partial charge in [0.05, 0.1) is 11.3 Å². The van der Waals surface area contributed by atoms with Gasteiger partial charge in [-0.05, 0) is 56.1 Å². The lowest BCUT2D eigenvalue weighted by Crippen LogP contribution is -2.38. The number of hydrogen-bond donors (Lipinski definition) is 3. The van der Waals surface area contributed by atoms with Crippen molar-refractivity contribution in [3.8, 4) is 22.9 Å². The molecule has 3 heterocycles. The molecule has 8 nitrogen and oxygen atoms in total. The summed E-state index contributed by atoms with van der Waals surface area (Å²) in [6.45, 7) is 7.70. The van der Waals surface area contributed by atoms with Crippen molar-refractivity contribution in [2.75, 3.05) is 23.7 Å². The lowest BCUT2D eigenvalue weighted by molar-refractivity contribution is -0.118. The fourth-order valence-electron chi connectivity index (χ4n) is 4.46. The standard InChI is InChI=1S/C29H32N6O2/c1-18(2)27(36)34-24-10-4-8-22-21(24)12-11-19(3)26(22)37-28-23(9-6-15-31-28)25-13-16-32-29(35-25)33-20-7-5-14-30-17-20/h4,6,8-13,15-16,18,20,30H,5,7,14,17H2,1-3H3,(H,34,36)(H,32,33,35). The topological polar surface area (TPSA) is 101 Å². The van der Waals surface area contributed by atoms with Crippen LogP contribution < -0.4 is 20.7 Å². The molecule has 0 saturated carbocycles. The number of carbonyl (C=O) groups excluding carboxylic acids is 1. The molecule has 4 aromatic rings. The van der Waals surface area contributed by atoms with Gasteiger partial charge in [-0.1, -0.05) is 38.1 Å². The predicted molar refractivity (Wildman–Crippen MR) is 147 cm³/mol. The molecule has 0 bridgehead atoms. The largest absolute Gasteiger partial charge is 0.437 e. The number of pyridine rings is 1. The van der Waals surface area contributed by atoms with Crippen molar-refractivity contribution in [1.29, 1.82) is 0 Å². The lowest BCUT2D eigenvalue weighted by atomic mass is 10.0. The lowest BCUT2D eigenvalue weighted by Gasteiger charge is -2.23. The Morgan fingerprint density at radius 2 is 1.95 bits per heavy atom. The van der Waals surface area contributed by atoms with E-state index in [9.17, 15) is 4.79 Å². The molecule has 1 fully saturated rings. The molecule has 5 rings (SSSR count). The smallest absolute Gasteiger partial charge is 0.228 e. The van der Waals surface area contributed by atoms with E-state index >= 15 is 0 Å². The van der Waals surface area contributed by atoms with Gasteiger partial charge in [0.1, 0.15) is 5.75 Å². The van der Waals surface area contributed by atoms with Crippen molar-refractivity contribution in [3.05, 3.63) is 66.5 Å². The molecule has 0 aliphatic carbocycles. The zero-order valence-electron chi connectivity index (χ0n) is 21.4. The average Bonchev–Trinajstić information content (AvgIpc) is 2.91. The van der Waals surface area contributed by atoms with Gasteiger partial charge in [-0.3, -0.25) is 4.79 Å². The molecular weight excluding hydrogens is 464 g/mol. The number of ether oxygens (including phenoxy) is 1.